The molecule has 3 heteroatoms. The summed E-state index contributed by atoms with van der Waals surface area (Å²) in [5, 5.41) is 0. The van der Waals surface area contributed by atoms with Crippen molar-refractivity contribution in [3.8, 4) is 0 Å². The van der Waals surface area contributed by atoms with Crippen molar-refractivity contribution in [1.82, 2.24) is 5.43 Å². The topological polar surface area (TPSA) is 38.0 Å². The summed E-state index contributed by atoms with van der Waals surface area (Å²) in [4.78, 5) is 0. The Bertz CT molecular complexity index is 565. The van der Waals surface area contributed by atoms with E-state index in [0.29, 0.717) is 12.0 Å². The van der Waals surface area contributed by atoms with Gasteiger partial charge in [-0.25, -0.2) is 0 Å². The van der Waals surface area contributed by atoms with Gasteiger partial charge in [-0.1, -0.05) is 52.3 Å². The summed E-state index contributed by atoms with van der Waals surface area (Å²) in [6, 6.07) is 17.4. The van der Waals surface area contributed by atoms with Gasteiger partial charge in [0.25, 0.3) is 0 Å². The van der Waals surface area contributed by atoms with Crippen LogP contribution >= 0.6 is 15.9 Å². The number of hydrogen-bond acceptors (Lipinski definition) is 2. The Hall–Kier alpha value is -1.16. The molecule has 0 fully saturated rings. The summed E-state index contributed by atoms with van der Waals surface area (Å²) in [6.07, 6.45) is 2.09. The number of benzene rings is 2. The van der Waals surface area contributed by atoms with Crippen molar-refractivity contribution in [2.45, 2.75) is 24.8 Å². The van der Waals surface area contributed by atoms with E-state index in [-0.39, 0.29) is 0 Å². The molecule has 2 aromatic carbocycles. The van der Waals surface area contributed by atoms with Gasteiger partial charge < -0.3 is 0 Å². The van der Waals surface area contributed by atoms with Crippen molar-refractivity contribution in [1.29, 1.82) is 0 Å². The van der Waals surface area contributed by atoms with E-state index >= 15 is 0 Å². The van der Waals surface area contributed by atoms with Crippen LogP contribution in [-0.2, 0) is 12.8 Å². The van der Waals surface area contributed by atoms with Crippen LogP contribution in [0.5, 0.6) is 0 Å². The molecule has 0 spiro atoms. The molecule has 0 amide bonds. The Balaban J connectivity index is 1.74. The lowest BCUT2D eigenvalue weighted by atomic mass is 9.72. The summed E-state index contributed by atoms with van der Waals surface area (Å²) in [5.41, 5.74) is 7.22. The van der Waals surface area contributed by atoms with Gasteiger partial charge in [0.2, 0.25) is 0 Å². The third kappa shape index (κ3) is 2.59. The highest BCUT2D eigenvalue weighted by Gasteiger charge is 2.32. The maximum Gasteiger partial charge on any atom is 0.0322 e. The molecule has 0 heterocycles. The number of fused-ring (bicyclic) bond motifs is 1. The second kappa shape index (κ2) is 5.45. The molecule has 0 aromatic heterocycles. The minimum atomic E-state index is 0.302. The Morgan fingerprint density at radius 1 is 1.16 bits per heavy atom. The molecule has 98 valence electrons. The molecule has 0 saturated heterocycles. The number of hydrazine groups is 1. The smallest absolute Gasteiger partial charge is 0.0322 e. The Labute approximate surface area is 122 Å². The third-order valence-corrected chi connectivity index (χ3v) is 4.49. The quantitative estimate of drug-likeness (QED) is 0.671. The summed E-state index contributed by atoms with van der Waals surface area (Å²) >= 11 is 3.46. The molecule has 0 saturated carbocycles. The second-order valence-electron chi connectivity index (χ2n) is 5.11. The first-order chi connectivity index (χ1) is 9.28. The van der Waals surface area contributed by atoms with Gasteiger partial charge in [0.15, 0.2) is 0 Å². The first-order valence-electron chi connectivity index (χ1n) is 6.56. The minimum absolute atomic E-state index is 0.302. The summed E-state index contributed by atoms with van der Waals surface area (Å²) in [5.74, 6) is 6.29. The number of hydrogen-bond donors (Lipinski definition) is 2. The summed E-state index contributed by atoms with van der Waals surface area (Å²) in [6.45, 7) is 0. The zero-order valence-electron chi connectivity index (χ0n) is 10.6. The van der Waals surface area contributed by atoms with E-state index in [1.54, 1.807) is 0 Å². The average molecular weight is 317 g/mol. The maximum atomic E-state index is 5.76. The van der Waals surface area contributed by atoms with E-state index in [1.165, 1.54) is 16.7 Å². The number of nitrogens with one attached hydrogen (secondary N) is 1. The maximum absolute atomic E-state index is 5.76. The molecule has 0 bridgehead atoms. The predicted molar refractivity (Wildman–Crippen MR) is 81.8 cm³/mol. The molecular formula is C16H17BrN2. The van der Waals surface area contributed by atoms with Crippen molar-refractivity contribution in [2.75, 3.05) is 0 Å². The molecule has 3 rings (SSSR count). The van der Waals surface area contributed by atoms with Crippen LogP contribution in [0.25, 0.3) is 0 Å². The second-order valence-corrected chi connectivity index (χ2v) is 6.03. The van der Waals surface area contributed by atoms with Crippen LogP contribution < -0.4 is 11.3 Å². The van der Waals surface area contributed by atoms with Gasteiger partial charge in [0.1, 0.15) is 0 Å². The first-order valence-corrected chi connectivity index (χ1v) is 7.35. The van der Waals surface area contributed by atoms with Gasteiger partial charge >= 0.3 is 0 Å². The normalized spacial score (nSPS) is 18.5. The highest BCUT2D eigenvalue weighted by Crippen LogP contribution is 2.38. The van der Waals surface area contributed by atoms with Crippen LogP contribution in [0.2, 0.25) is 0 Å². The SMILES string of the molecule is NNC(Cc1ccc(Br)cc1)C1Cc2ccccc21. The number of rotatable bonds is 4. The van der Waals surface area contributed by atoms with Gasteiger partial charge in [-0.05, 0) is 41.7 Å². The lowest BCUT2D eigenvalue weighted by Crippen LogP contribution is -2.45. The van der Waals surface area contributed by atoms with E-state index in [2.05, 4.69) is 69.9 Å². The Kier molecular flexibility index (Phi) is 3.69. The number of nitrogens with two attached hydrogens (primary N) is 1. The lowest BCUT2D eigenvalue weighted by Gasteiger charge is -2.36. The van der Waals surface area contributed by atoms with E-state index in [0.717, 1.165) is 17.3 Å². The summed E-state index contributed by atoms with van der Waals surface area (Å²) in [7, 11) is 0. The molecule has 2 atom stereocenters. The molecule has 3 N–H and O–H groups in total. The van der Waals surface area contributed by atoms with E-state index < -0.39 is 0 Å². The first kappa shape index (κ1) is 12.9. The Morgan fingerprint density at radius 3 is 2.58 bits per heavy atom. The van der Waals surface area contributed by atoms with Crippen molar-refractivity contribution in [2.24, 2.45) is 5.84 Å². The van der Waals surface area contributed by atoms with Gasteiger partial charge in [-0.2, -0.15) is 0 Å². The standard InChI is InChI=1S/C16H17BrN2/c17-13-7-5-11(6-8-13)9-16(19-18)15-10-12-3-1-2-4-14(12)15/h1-8,15-16,19H,9-10,18H2. The minimum Gasteiger partial charge on any atom is -0.271 e. The molecule has 2 aromatic rings. The largest absolute Gasteiger partial charge is 0.271 e. The fourth-order valence-corrected chi connectivity index (χ4v) is 3.11. The van der Waals surface area contributed by atoms with Crippen LogP contribution in [0, 0.1) is 0 Å². The monoisotopic (exact) mass is 316 g/mol. The fourth-order valence-electron chi connectivity index (χ4n) is 2.85. The zero-order valence-corrected chi connectivity index (χ0v) is 12.2. The van der Waals surface area contributed by atoms with Crippen LogP contribution in [-0.4, -0.2) is 6.04 Å². The Morgan fingerprint density at radius 2 is 1.89 bits per heavy atom. The molecule has 2 unspecified atom stereocenters. The van der Waals surface area contributed by atoms with Crippen LogP contribution in [0.15, 0.2) is 53.0 Å². The van der Waals surface area contributed by atoms with Crippen molar-refractivity contribution in [3.05, 3.63) is 69.7 Å². The van der Waals surface area contributed by atoms with E-state index in [1.807, 2.05) is 0 Å². The van der Waals surface area contributed by atoms with Crippen LogP contribution in [0.4, 0.5) is 0 Å². The van der Waals surface area contributed by atoms with Gasteiger partial charge in [0.05, 0.1) is 0 Å². The van der Waals surface area contributed by atoms with Gasteiger partial charge in [-0.3, -0.25) is 11.3 Å². The lowest BCUT2D eigenvalue weighted by molar-refractivity contribution is 0.404. The summed E-state index contributed by atoms with van der Waals surface area (Å²) < 4.78 is 1.11. The van der Waals surface area contributed by atoms with Crippen LogP contribution in [0.3, 0.4) is 0 Å². The predicted octanol–water partition coefficient (Wildman–Crippen LogP) is 3.16. The molecule has 0 radical (unpaired) electrons. The van der Waals surface area contributed by atoms with E-state index in [9.17, 15) is 0 Å². The molecule has 1 aliphatic rings. The number of halogens is 1. The highest BCUT2D eigenvalue weighted by atomic mass is 79.9. The zero-order chi connectivity index (χ0) is 13.2. The van der Waals surface area contributed by atoms with Crippen molar-refractivity contribution >= 4 is 15.9 Å². The molecule has 2 nitrogen and oxygen atoms in total. The molecule has 19 heavy (non-hydrogen) atoms. The van der Waals surface area contributed by atoms with Crippen molar-refractivity contribution in [3.63, 3.8) is 0 Å². The molecule has 1 aliphatic carbocycles. The fraction of sp³-hybridized carbons (Fsp3) is 0.250. The molecular weight excluding hydrogens is 300 g/mol. The van der Waals surface area contributed by atoms with Gasteiger partial charge in [-0.15, -0.1) is 0 Å². The van der Waals surface area contributed by atoms with Gasteiger partial charge in [0, 0.05) is 16.4 Å². The highest BCUT2D eigenvalue weighted by molar-refractivity contribution is 9.10. The molecule has 0 aliphatic heterocycles. The average Bonchev–Trinajstić information content (AvgIpc) is 2.41. The van der Waals surface area contributed by atoms with Crippen LogP contribution in [0.1, 0.15) is 22.6 Å². The van der Waals surface area contributed by atoms with Crippen molar-refractivity contribution < 1.29 is 0 Å². The van der Waals surface area contributed by atoms with E-state index in [4.69, 9.17) is 5.84 Å². The third-order valence-electron chi connectivity index (χ3n) is 3.96.